The van der Waals surface area contributed by atoms with Crippen LogP contribution >= 0.6 is 0 Å². The number of benzene rings is 2. The summed E-state index contributed by atoms with van der Waals surface area (Å²) >= 11 is 0. The van der Waals surface area contributed by atoms with Gasteiger partial charge in [-0.05, 0) is 55.7 Å². The molecule has 0 amide bonds. The second-order valence-corrected chi connectivity index (χ2v) is 7.50. The Kier molecular flexibility index (Phi) is 5.75. The number of nitrogens with zero attached hydrogens (tertiary/aromatic N) is 1. The summed E-state index contributed by atoms with van der Waals surface area (Å²) in [5, 5.41) is 10.3. The van der Waals surface area contributed by atoms with E-state index in [1.54, 1.807) is 11.1 Å². The summed E-state index contributed by atoms with van der Waals surface area (Å²) in [6, 6.07) is 4.88. The summed E-state index contributed by atoms with van der Waals surface area (Å²) in [7, 11) is 1.51. The summed E-state index contributed by atoms with van der Waals surface area (Å²) < 4.78 is 48.8. The predicted molar refractivity (Wildman–Crippen MR) is 101 cm³/mol. The smallest absolute Gasteiger partial charge is 0.303 e. The highest BCUT2D eigenvalue weighted by Gasteiger charge is 2.39. The zero-order chi connectivity index (χ0) is 21.3. The van der Waals surface area contributed by atoms with Crippen molar-refractivity contribution in [3.63, 3.8) is 0 Å². The Labute approximate surface area is 166 Å². The maximum atomic E-state index is 14.7. The van der Waals surface area contributed by atoms with Crippen molar-refractivity contribution in [3.8, 4) is 16.9 Å². The minimum Gasteiger partial charge on any atom is -0.488 e. The summed E-state index contributed by atoms with van der Waals surface area (Å²) in [4.78, 5) is 15.9. The van der Waals surface area contributed by atoms with Crippen molar-refractivity contribution in [2.24, 2.45) is 0 Å². The number of hydrogen-bond donors (Lipinski definition) is 1. The Balaban J connectivity index is 1.97. The lowest BCUT2D eigenvalue weighted by molar-refractivity contribution is -0.137. The van der Waals surface area contributed by atoms with Crippen molar-refractivity contribution in [1.29, 1.82) is 0 Å². The van der Waals surface area contributed by atoms with Gasteiger partial charge in [0.05, 0.1) is 24.9 Å². The van der Waals surface area contributed by atoms with Crippen LogP contribution in [0.4, 0.5) is 18.9 Å². The molecule has 2 aromatic carbocycles. The molecule has 0 saturated heterocycles. The molecular weight excluding hydrogens is 387 g/mol. The van der Waals surface area contributed by atoms with Gasteiger partial charge in [-0.3, -0.25) is 9.63 Å². The molecule has 0 unspecified atom stereocenters. The minimum absolute atomic E-state index is 0.0565. The number of aliphatic carboxylic acids is 1. The van der Waals surface area contributed by atoms with Crippen LogP contribution in [0, 0.1) is 17.5 Å². The van der Waals surface area contributed by atoms with Crippen LogP contribution < -0.4 is 9.80 Å². The third-order valence-electron chi connectivity index (χ3n) is 4.87. The molecule has 0 spiro atoms. The highest BCUT2D eigenvalue weighted by atomic mass is 19.1. The van der Waals surface area contributed by atoms with Crippen LogP contribution in [0.1, 0.15) is 32.3 Å². The molecule has 0 saturated carbocycles. The lowest BCUT2D eigenvalue weighted by Gasteiger charge is -2.31. The number of rotatable bonds is 7. The van der Waals surface area contributed by atoms with Gasteiger partial charge in [-0.15, -0.1) is 0 Å². The largest absolute Gasteiger partial charge is 0.488 e. The third kappa shape index (κ3) is 4.03. The molecule has 1 aliphatic rings. The van der Waals surface area contributed by atoms with Crippen molar-refractivity contribution >= 4 is 11.7 Å². The molecule has 0 aliphatic carbocycles. The second kappa shape index (κ2) is 7.94. The van der Waals surface area contributed by atoms with Crippen molar-refractivity contribution < 1.29 is 32.6 Å². The van der Waals surface area contributed by atoms with E-state index < -0.39 is 34.7 Å². The fourth-order valence-electron chi connectivity index (χ4n) is 3.71. The molecule has 1 N–H and O–H groups in total. The van der Waals surface area contributed by atoms with E-state index in [1.165, 1.54) is 13.2 Å². The first-order valence-electron chi connectivity index (χ1n) is 9.15. The molecule has 0 atom stereocenters. The van der Waals surface area contributed by atoms with Crippen LogP contribution in [0.3, 0.4) is 0 Å². The molecule has 8 heteroatoms. The van der Waals surface area contributed by atoms with Crippen molar-refractivity contribution in [3.05, 3.63) is 47.3 Å². The van der Waals surface area contributed by atoms with Gasteiger partial charge in [0.25, 0.3) is 0 Å². The van der Waals surface area contributed by atoms with Crippen LogP contribution in [0.15, 0.2) is 24.3 Å². The van der Waals surface area contributed by atoms with Crippen LogP contribution in [0.2, 0.25) is 0 Å². The molecule has 29 heavy (non-hydrogen) atoms. The molecule has 156 valence electrons. The topological polar surface area (TPSA) is 59.0 Å². The van der Waals surface area contributed by atoms with Gasteiger partial charge in [0.1, 0.15) is 5.82 Å². The summed E-state index contributed by atoms with van der Waals surface area (Å²) in [6.07, 6.45) is 0.368. The van der Waals surface area contributed by atoms with Gasteiger partial charge in [0, 0.05) is 18.4 Å². The van der Waals surface area contributed by atoms with E-state index in [-0.39, 0.29) is 30.6 Å². The van der Waals surface area contributed by atoms with Crippen LogP contribution in [-0.4, -0.2) is 30.3 Å². The van der Waals surface area contributed by atoms with Gasteiger partial charge in [0.2, 0.25) is 0 Å². The van der Waals surface area contributed by atoms with Crippen molar-refractivity contribution in [1.82, 2.24) is 0 Å². The van der Waals surface area contributed by atoms with Crippen LogP contribution in [0.5, 0.6) is 5.75 Å². The number of carboxylic acids is 1. The zero-order valence-corrected chi connectivity index (χ0v) is 16.4. The first kappa shape index (κ1) is 21.0. The fourth-order valence-corrected chi connectivity index (χ4v) is 3.71. The summed E-state index contributed by atoms with van der Waals surface area (Å²) in [6.45, 7) is 3.70. The van der Waals surface area contributed by atoms with Crippen LogP contribution in [-0.2, 0) is 16.1 Å². The van der Waals surface area contributed by atoms with Gasteiger partial charge in [-0.25, -0.2) is 18.2 Å². The number of anilines is 1. The maximum absolute atomic E-state index is 14.7. The Morgan fingerprint density at radius 1 is 1.17 bits per heavy atom. The first-order valence-corrected chi connectivity index (χ1v) is 9.15. The maximum Gasteiger partial charge on any atom is 0.303 e. The Bertz CT molecular complexity index is 923. The zero-order valence-electron chi connectivity index (χ0n) is 16.4. The Morgan fingerprint density at radius 3 is 2.41 bits per heavy atom. The Hall–Kier alpha value is -2.74. The summed E-state index contributed by atoms with van der Waals surface area (Å²) in [5.41, 5.74) is 0.963. The normalized spacial score (nSPS) is 14.8. The number of carbonyl (C=O) groups is 1. The van der Waals surface area contributed by atoms with Crippen molar-refractivity contribution in [2.75, 3.05) is 18.8 Å². The molecule has 0 aromatic heterocycles. The van der Waals surface area contributed by atoms with Gasteiger partial charge < -0.3 is 9.84 Å². The monoisotopic (exact) mass is 409 g/mol. The average molecular weight is 409 g/mol. The predicted octanol–water partition coefficient (Wildman–Crippen LogP) is 4.72. The molecule has 0 fully saturated rings. The van der Waals surface area contributed by atoms with Crippen LogP contribution in [0.25, 0.3) is 11.1 Å². The van der Waals surface area contributed by atoms with Gasteiger partial charge in [-0.1, -0.05) is 0 Å². The number of ether oxygens (including phenoxy) is 1. The van der Waals surface area contributed by atoms with E-state index >= 15 is 0 Å². The second-order valence-electron chi connectivity index (χ2n) is 7.50. The summed E-state index contributed by atoms with van der Waals surface area (Å²) in [5.74, 6) is -4.18. The molecule has 2 aromatic rings. The highest BCUT2D eigenvalue weighted by Crippen LogP contribution is 2.45. The quantitative estimate of drug-likeness (QED) is 0.671. The minimum atomic E-state index is -1.02. The number of halogens is 3. The van der Waals surface area contributed by atoms with E-state index in [1.807, 2.05) is 13.8 Å². The average Bonchev–Trinajstić information content (AvgIpc) is 2.88. The SMILES string of the molecule is CON1c2ccc(F)c(-c3cc(F)c(OCCCC(=O)O)c(F)c3)c2CC1(C)C. The number of fused-ring (bicyclic) bond motifs is 1. The van der Waals surface area contributed by atoms with E-state index in [0.717, 1.165) is 12.1 Å². The van der Waals surface area contributed by atoms with Gasteiger partial charge in [-0.2, -0.15) is 0 Å². The lowest BCUT2D eigenvalue weighted by atomic mass is 9.92. The molecule has 1 heterocycles. The first-order chi connectivity index (χ1) is 13.7. The fraction of sp³-hybridized carbons (Fsp3) is 0.381. The van der Waals surface area contributed by atoms with Crippen molar-refractivity contribution in [2.45, 2.75) is 38.6 Å². The number of hydrogen-bond acceptors (Lipinski definition) is 4. The molecular formula is C21H22F3NO4. The Morgan fingerprint density at radius 2 is 1.83 bits per heavy atom. The number of carboxylic acid groups (broad SMARTS) is 1. The number of hydroxylamine groups is 1. The van der Waals surface area contributed by atoms with E-state index in [0.29, 0.717) is 17.7 Å². The standard InChI is InChI=1S/C21H22F3NO4/c1-21(2)11-13-17(25(21)28-3)7-6-14(22)19(13)12-9-15(23)20(16(24)10-12)29-8-4-5-18(26)27/h6-7,9-10H,4-5,8,11H2,1-3H3,(H,26,27). The lowest BCUT2D eigenvalue weighted by Crippen LogP contribution is -2.40. The molecule has 0 bridgehead atoms. The van der Waals surface area contributed by atoms with Gasteiger partial charge >= 0.3 is 5.97 Å². The van der Waals surface area contributed by atoms with Gasteiger partial charge in [0.15, 0.2) is 17.4 Å². The van der Waals surface area contributed by atoms with E-state index in [2.05, 4.69) is 0 Å². The van der Waals surface area contributed by atoms with E-state index in [9.17, 15) is 18.0 Å². The molecule has 0 radical (unpaired) electrons. The molecule has 1 aliphatic heterocycles. The molecule has 3 rings (SSSR count). The van der Waals surface area contributed by atoms with E-state index in [4.69, 9.17) is 14.7 Å². The molecule has 5 nitrogen and oxygen atoms in total. The highest BCUT2D eigenvalue weighted by molar-refractivity contribution is 5.78. The third-order valence-corrected chi connectivity index (χ3v) is 4.87.